The first-order valence-corrected chi connectivity index (χ1v) is 6.61. The lowest BCUT2D eigenvalue weighted by molar-refractivity contribution is -0.137. The van der Waals surface area contributed by atoms with E-state index in [0.717, 1.165) is 0 Å². The zero-order chi connectivity index (χ0) is 14.9. The Morgan fingerprint density at radius 3 is 2.70 bits per heavy atom. The van der Waals surface area contributed by atoms with Gasteiger partial charge < -0.3 is 4.90 Å². The SMILES string of the molecule is O=C(c1cc(C(F)(F)F)ccc1F)N1CCCC1CCl. The third kappa shape index (κ3) is 2.90. The normalized spacial score (nSPS) is 19.4. The molecule has 0 spiro atoms. The van der Waals surface area contributed by atoms with Crippen molar-refractivity contribution >= 4 is 17.5 Å². The van der Waals surface area contributed by atoms with Crippen LogP contribution in [0.15, 0.2) is 18.2 Å². The van der Waals surface area contributed by atoms with Crippen molar-refractivity contribution in [1.82, 2.24) is 4.90 Å². The number of alkyl halides is 4. The standard InChI is InChI=1S/C13H12ClF4NO/c14-7-9-2-1-5-19(9)12(20)10-6-8(13(16,17)18)3-4-11(10)15/h3-4,6,9H,1-2,5,7H2. The Morgan fingerprint density at radius 1 is 1.40 bits per heavy atom. The van der Waals surface area contributed by atoms with Crippen LogP contribution in [0.1, 0.15) is 28.8 Å². The third-order valence-electron chi connectivity index (χ3n) is 3.34. The van der Waals surface area contributed by atoms with Gasteiger partial charge in [0.2, 0.25) is 0 Å². The molecule has 1 aliphatic rings. The summed E-state index contributed by atoms with van der Waals surface area (Å²) in [5.74, 6) is -1.51. The zero-order valence-electron chi connectivity index (χ0n) is 10.4. The molecule has 0 saturated carbocycles. The van der Waals surface area contributed by atoms with Gasteiger partial charge in [0.25, 0.3) is 5.91 Å². The first kappa shape index (κ1) is 15.1. The van der Waals surface area contributed by atoms with Crippen LogP contribution in [0.2, 0.25) is 0 Å². The molecule has 1 fully saturated rings. The molecule has 2 nitrogen and oxygen atoms in total. The van der Waals surface area contributed by atoms with Crippen molar-refractivity contribution in [3.05, 3.63) is 35.1 Å². The number of carbonyl (C=O) groups is 1. The summed E-state index contributed by atoms with van der Waals surface area (Å²) in [6.07, 6.45) is -3.22. The van der Waals surface area contributed by atoms with Gasteiger partial charge in [-0.2, -0.15) is 13.2 Å². The maximum absolute atomic E-state index is 13.6. The fourth-order valence-corrected chi connectivity index (χ4v) is 2.60. The molecule has 0 N–H and O–H groups in total. The molecule has 0 aliphatic carbocycles. The van der Waals surface area contributed by atoms with Crippen LogP contribution in [0.4, 0.5) is 17.6 Å². The minimum Gasteiger partial charge on any atom is -0.334 e. The Morgan fingerprint density at radius 2 is 2.10 bits per heavy atom. The van der Waals surface area contributed by atoms with Gasteiger partial charge in [0.1, 0.15) is 5.82 Å². The minimum atomic E-state index is -4.61. The molecule has 0 aromatic heterocycles. The van der Waals surface area contributed by atoms with Gasteiger partial charge in [0, 0.05) is 18.5 Å². The smallest absolute Gasteiger partial charge is 0.334 e. The maximum atomic E-state index is 13.6. The molecule has 1 aromatic carbocycles. The number of benzene rings is 1. The highest BCUT2D eigenvalue weighted by atomic mass is 35.5. The molecule has 1 atom stereocenters. The summed E-state index contributed by atoms with van der Waals surface area (Å²) < 4.78 is 51.5. The van der Waals surface area contributed by atoms with Crippen LogP contribution in [-0.2, 0) is 6.18 Å². The van der Waals surface area contributed by atoms with E-state index in [-0.39, 0.29) is 11.9 Å². The second-order valence-electron chi connectivity index (χ2n) is 4.64. The van der Waals surface area contributed by atoms with Crippen LogP contribution in [0.25, 0.3) is 0 Å². The second-order valence-corrected chi connectivity index (χ2v) is 4.95. The molecule has 7 heteroatoms. The lowest BCUT2D eigenvalue weighted by Crippen LogP contribution is -2.37. The van der Waals surface area contributed by atoms with Gasteiger partial charge in [0.15, 0.2) is 0 Å². The summed E-state index contributed by atoms with van der Waals surface area (Å²) in [5.41, 5.74) is -1.60. The number of hydrogen-bond donors (Lipinski definition) is 0. The molecule has 1 amide bonds. The van der Waals surface area contributed by atoms with Crippen LogP contribution >= 0.6 is 11.6 Å². The Labute approximate surface area is 118 Å². The molecule has 1 heterocycles. The maximum Gasteiger partial charge on any atom is 0.416 e. The van der Waals surface area contributed by atoms with E-state index in [1.807, 2.05) is 0 Å². The predicted molar refractivity (Wildman–Crippen MR) is 66.2 cm³/mol. The van der Waals surface area contributed by atoms with E-state index in [9.17, 15) is 22.4 Å². The topological polar surface area (TPSA) is 20.3 Å². The highest BCUT2D eigenvalue weighted by Gasteiger charge is 2.34. The number of likely N-dealkylation sites (tertiary alicyclic amines) is 1. The van der Waals surface area contributed by atoms with Crippen molar-refractivity contribution in [3.8, 4) is 0 Å². The van der Waals surface area contributed by atoms with Crippen molar-refractivity contribution in [3.63, 3.8) is 0 Å². The first-order chi connectivity index (χ1) is 9.34. The van der Waals surface area contributed by atoms with Crippen molar-refractivity contribution < 1.29 is 22.4 Å². The number of hydrogen-bond acceptors (Lipinski definition) is 1. The molecule has 1 unspecified atom stereocenters. The largest absolute Gasteiger partial charge is 0.416 e. The van der Waals surface area contributed by atoms with Crippen LogP contribution in [0, 0.1) is 5.82 Å². The lowest BCUT2D eigenvalue weighted by atomic mass is 10.1. The highest BCUT2D eigenvalue weighted by molar-refractivity contribution is 6.18. The van der Waals surface area contributed by atoms with Gasteiger partial charge in [-0.3, -0.25) is 4.79 Å². The van der Waals surface area contributed by atoms with Gasteiger partial charge in [-0.05, 0) is 31.0 Å². The quantitative estimate of drug-likeness (QED) is 0.603. The van der Waals surface area contributed by atoms with E-state index in [1.54, 1.807) is 0 Å². The van der Waals surface area contributed by atoms with Gasteiger partial charge in [-0.25, -0.2) is 4.39 Å². The Kier molecular flexibility index (Phi) is 4.22. The molecule has 2 rings (SSSR count). The average Bonchev–Trinajstić information content (AvgIpc) is 2.85. The first-order valence-electron chi connectivity index (χ1n) is 6.08. The molecule has 1 aliphatic heterocycles. The highest BCUT2D eigenvalue weighted by Crippen LogP contribution is 2.31. The fraction of sp³-hybridized carbons (Fsp3) is 0.462. The van der Waals surface area contributed by atoms with Crippen molar-refractivity contribution in [2.45, 2.75) is 25.1 Å². The van der Waals surface area contributed by atoms with Crippen LogP contribution < -0.4 is 0 Å². The Balaban J connectivity index is 2.34. The van der Waals surface area contributed by atoms with Gasteiger partial charge >= 0.3 is 6.18 Å². The number of halogens is 5. The number of carbonyl (C=O) groups excluding carboxylic acids is 1. The molecule has 20 heavy (non-hydrogen) atoms. The molecule has 110 valence electrons. The van der Waals surface area contributed by atoms with Crippen molar-refractivity contribution in [2.24, 2.45) is 0 Å². The predicted octanol–water partition coefficient (Wildman–Crippen LogP) is 3.69. The third-order valence-corrected chi connectivity index (χ3v) is 3.70. The van der Waals surface area contributed by atoms with Crippen molar-refractivity contribution in [2.75, 3.05) is 12.4 Å². The Hall–Kier alpha value is -1.30. The second kappa shape index (κ2) is 5.60. The number of rotatable bonds is 2. The summed E-state index contributed by atoms with van der Waals surface area (Å²) in [5, 5.41) is 0. The van der Waals surface area contributed by atoms with Crippen LogP contribution in [-0.4, -0.2) is 29.3 Å². The van der Waals surface area contributed by atoms with Crippen LogP contribution in [0.5, 0.6) is 0 Å². The summed E-state index contributed by atoms with van der Waals surface area (Å²) in [4.78, 5) is 13.5. The summed E-state index contributed by atoms with van der Waals surface area (Å²) in [6, 6.07) is 1.59. The van der Waals surface area contributed by atoms with Gasteiger partial charge in [-0.15, -0.1) is 11.6 Å². The van der Waals surface area contributed by atoms with E-state index in [4.69, 9.17) is 11.6 Å². The molecule has 1 aromatic rings. The van der Waals surface area contributed by atoms with E-state index in [2.05, 4.69) is 0 Å². The molecular formula is C13H12ClF4NO. The van der Waals surface area contributed by atoms with Crippen molar-refractivity contribution in [1.29, 1.82) is 0 Å². The van der Waals surface area contributed by atoms with E-state index in [0.29, 0.717) is 37.6 Å². The number of nitrogens with zero attached hydrogens (tertiary/aromatic N) is 1. The Bertz CT molecular complexity index is 518. The van der Waals surface area contributed by atoms with E-state index in [1.165, 1.54) is 4.90 Å². The average molecular weight is 310 g/mol. The van der Waals surface area contributed by atoms with E-state index < -0.39 is 29.0 Å². The van der Waals surface area contributed by atoms with E-state index >= 15 is 0 Å². The van der Waals surface area contributed by atoms with Gasteiger partial charge in [0.05, 0.1) is 11.1 Å². The molecule has 1 saturated heterocycles. The number of amides is 1. The van der Waals surface area contributed by atoms with Crippen LogP contribution in [0.3, 0.4) is 0 Å². The molecule has 0 radical (unpaired) electrons. The van der Waals surface area contributed by atoms with Gasteiger partial charge in [-0.1, -0.05) is 0 Å². The monoisotopic (exact) mass is 309 g/mol. The minimum absolute atomic E-state index is 0.187. The zero-order valence-corrected chi connectivity index (χ0v) is 11.1. The summed E-state index contributed by atoms with van der Waals surface area (Å²) in [6.45, 7) is 0.381. The fourth-order valence-electron chi connectivity index (χ4n) is 2.28. The summed E-state index contributed by atoms with van der Waals surface area (Å²) >= 11 is 5.71. The summed E-state index contributed by atoms with van der Waals surface area (Å²) in [7, 11) is 0. The molecular weight excluding hydrogens is 298 g/mol. The lowest BCUT2D eigenvalue weighted by Gasteiger charge is -2.23. The molecule has 0 bridgehead atoms.